The van der Waals surface area contributed by atoms with Crippen LogP contribution < -0.4 is 4.74 Å². The number of aliphatic carboxylic acids is 1. The first-order valence-corrected chi connectivity index (χ1v) is 12.6. The lowest BCUT2D eigenvalue weighted by atomic mass is 9.90. The molecule has 5 rings (SSSR count). The number of hydrogen-bond donors (Lipinski definition) is 1. The van der Waals surface area contributed by atoms with E-state index in [-0.39, 0.29) is 0 Å². The van der Waals surface area contributed by atoms with E-state index in [1.807, 2.05) is 19.1 Å². The normalized spacial score (nSPS) is 19.7. The van der Waals surface area contributed by atoms with E-state index in [0.29, 0.717) is 30.4 Å². The highest BCUT2D eigenvalue weighted by Crippen LogP contribution is 2.41. The molecule has 182 valence electrons. The lowest BCUT2D eigenvalue weighted by molar-refractivity contribution is -0.147. The van der Waals surface area contributed by atoms with Crippen LogP contribution in [0.1, 0.15) is 42.0 Å². The van der Waals surface area contributed by atoms with Crippen LogP contribution in [0.5, 0.6) is 5.88 Å². The van der Waals surface area contributed by atoms with Gasteiger partial charge in [-0.15, -0.1) is 0 Å². The molecule has 1 aromatic heterocycles. The quantitative estimate of drug-likeness (QED) is 0.447. The van der Waals surface area contributed by atoms with E-state index in [1.165, 1.54) is 23.1 Å². The summed E-state index contributed by atoms with van der Waals surface area (Å²) in [6.45, 7) is 5.73. The van der Waals surface area contributed by atoms with Gasteiger partial charge in [0, 0.05) is 29.8 Å². The summed E-state index contributed by atoms with van der Waals surface area (Å²) in [7, 11) is 1.63. The number of fused-ring (bicyclic) bond motifs is 1. The van der Waals surface area contributed by atoms with Crippen LogP contribution >= 0.6 is 11.6 Å². The number of halogens is 1. The molecular weight excluding hydrogens is 460 g/mol. The van der Waals surface area contributed by atoms with Gasteiger partial charge in [0.25, 0.3) is 0 Å². The van der Waals surface area contributed by atoms with Crippen LogP contribution in [0.3, 0.4) is 0 Å². The molecule has 2 heterocycles. The first-order valence-electron chi connectivity index (χ1n) is 12.2. The molecule has 3 aromatic rings. The van der Waals surface area contributed by atoms with Crippen molar-refractivity contribution in [1.29, 1.82) is 0 Å². The second-order valence-electron chi connectivity index (χ2n) is 10.1. The molecule has 6 heteroatoms. The van der Waals surface area contributed by atoms with Crippen molar-refractivity contribution in [3.63, 3.8) is 0 Å². The number of benzene rings is 2. The second-order valence-corrected chi connectivity index (χ2v) is 10.5. The van der Waals surface area contributed by atoms with Crippen molar-refractivity contribution in [2.24, 2.45) is 5.41 Å². The minimum Gasteiger partial charge on any atom is -0.481 e. The maximum absolute atomic E-state index is 11.7. The summed E-state index contributed by atoms with van der Waals surface area (Å²) in [6.07, 6.45) is 4.04. The number of rotatable bonds is 6. The molecule has 0 spiro atoms. The van der Waals surface area contributed by atoms with Crippen LogP contribution in [0, 0.1) is 12.3 Å². The summed E-state index contributed by atoms with van der Waals surface area (Å²) in [5.41, 5.74) is 8.06. The van der Waals surface area contributed by atoms with Gasteiger partial charge in [-0.2, -0.15) is 0 Å². The van der Waals surface area contributed by atoms with Crippen molar-refractivity contribution in [2.45, 2.75) is 46.1 Å². The smallest absolute Gasteiger partial charge is 0.310 e. The van der Waals surface area contributed by atoms with Crippen LogP contribution in [-0.2, 0) is 24.2 Å². The maximum atomic E-state index is 11.7. The minimum atomic E-state index is -0.740. The largest absolute Gasteiger partial charge is 0.481 e. The van der Waals surface area contributed by atoms with Gasteiger partial charge in [-0.1, -0.05) is 48.0 Å². The Kier molecular flexibility index (Phi) is 6.32. The average molecular weight is 491 g/mol. The Labute approximate surface area is 211 Å². The molecule has 0 unspecified atom stereocenters. The number of aryl methyl sites for hydroxylation is 2. The Morgan fingerprint density at radius 3 is 2.66 bits per heavy atom. The molecule has 1 atom stereocenters. The van der Waals surface area contributed by atoms with E-state index < -0.39 is 11.4 Å². The number of carbonyl (C=O) groups is 1. The van der Waals surface area contributed by atoms with E-state index in [9.17, 15) is 9.90 Å². The van der Waals surface area contributed by atoms with Gasteiger partial charge in [-0.25, -0.2) is 4.98 Å². The molecule has 2 aliphatic rings. The molecule has 5 nitrogen and oxygen atoms in total. The number of carboxylic acids is 1. The van der Waals surface area contributed by atoms with Crippen LogP contribution in [-0.4, -0.2) is 41.2 Å². The van der Waals surface area contributed by atoms with E-state index >= 15 is 0 Å². The minimum absolute atomic E-state index is 0.516. The lowest BCUT2D eigenvalue weighted by Gasteiger charge is -2.22. The second kappa shape index (κ2) is 9.29. The summed E-state index contributed by atoms with van der Waals surface area (Å²) in [5, 5.41) is 10.3. The van der Waals surface area contributed by atoms with Gasteiger partial charge in [0.05, 0.1) is 23.2 Å². The molecule has 0 saturated carbocycles. The highest BCUT2D eigenvalue weighted by molar-refractivity contribution is 6.36. The predicted molar refractivity (Wildman–Crippen MR) is 139 cm³/mol. The van der Waals surface area contributed by atoms with Crippen molar-refractivity contribution >= 4 is 17.6 Å². The van der Waals surface area contributed by atoms with Gasteiger partial charge in [0.1, 0.15) is 0 Å². The fourth-order valence-corrected chi connectivity index (χ4v) is 5.89. The number of nitrogens with zero attached hydrogens (tertiary/aromatic N) is 2. The highest BCUT2D eigenvalue weighted by atomic mass is 35.5. The molecule has 1 aliphatic heterocycles. The predicted octanol–water partition coefficient (Wildman–Crippen LogP) is 6.17. The summed E-state index contributed by atoms with van der Waals surface area (Å²) in [5.74, 6) is -0.179. The Morgan fingerprint density at radius 1 is 1.17 bits per heavy atom. The van der Waals surface area contributed by atoms with Crippen LogP contribution in [0.2, 0.25) is 5.02 Å². The third-order valence-corrected chi connectivity index (χ3v) is 8.07. The SMILES string of the molecule is COc1nc(-c2cccc(-c3cccc4c3CCC4)c2Cl)cc(C)c1CN1CC[C@](C)(C(=O)O)C1. The monoisotopic (exact) mass is 490 g/mol. The topological polar surface area (TPSA) is 62.7 Å². The summed E-state index contributed by atoms with van der Waals surface area (Å²) >= 11 is 7.02. The van der Waals surface area contributed by atoms with Crippen LogP contribution in [0.4, 0.5) is 0 Å². The molecule has 0 radical (unpaired) electrons. The molecule has 1 fully saturated rings. The molecule has 0 amide bonds. The van der Waals surface area contributed by atoms with Crippen LogP contribution in [0.15, 0.2) is 42.5 Å². The molecule has 1 saturated heterocycles. The van der Waals surface area contributed by atoms with Gasteiger partial charge < -0.3 is 9.84 Å². The zero-order valence-corrected chi connectivity index (χ0v) is 21.3. The first kappa shape index (κ1) is 23.8. The fourth-order valence-electron chi connectivity index (χ4n) is 5.57. The van der Waals surface area contributed by atoms with Crippen molar-refractivity contribution < 1.29 is 14.6 Å². The lowest BCUT2D eigenvalue weighted by Crippen LogP contribution is -2.31. The number of carboxylic acid groups (broad SMARTS) is 1. The number of ether oxygens (including phenoxy) is 1. The Hall–Kier alpha value is -2.89. The standard InChI is InChI=1S/C29H31ClN2O3/c1-18-15-25(31-27(35-3)24(18)16-32-14-13-29(2,17-32)28(33)34)23-12-6-11-22(26(23)30)21-10-5-8-19-7-4-9-20(19)21/h5-6,8,10-12,15H,4,7,9,13-14,16-17H2,1-3H3,(H,33,34)/t29-/m0/s1. The van der Waals surface area contributed by atoms with Crippen LogP contribution in [0.25, 0.3) is 22.4 Å². The number of likely N-dealkylation sites (tertiary alicyclic amines) is 1. The third kappa shape index (κ3) is 4.32. The molecule has 1 aliphatic carbocycles. The Morgan fingerprint density at radius 2 is 1.91 bits per heavy atom. The summed E-state index contributed by atoms with van der Waals surface area (Å²) in [4.78, 5) is 18.7. The van der Waals surface area contributed by atoms with E-state index in [0.717, 1.165) is 47.3 Å². The fraction of sp³-hybridized carbons (Fsp3) is 0.379. The van der Waals surface area contributed by atoms with E-state index in [1.54, 1.807) is 7.11 Å². The van der Waals surface area contributed by atoms with Gasteiger partial charge in [-0.3, -0.25) is 9.69 Å². The average Bonchev–Trinajstić information content (AvgIpc) is 3.48. The summed E-state index contributed by atoms with van der Waals surface area (Å²) in [6, 6.07) is 14.7. The van der Waals surface area contributed by atoms with Gasteiger partial charge in [0.2, 0.25) is 5.88 Å². The van der Waals surface area contributed by atoms with Gasteiger partial charge >= 0.3 is 5.97 Å². The summed E-state index contributed by atoms with van der Waals surface area (Å²) < 4.78 is 5.72. The number of methoxy groups -OCH3 is 1. The van der Waals surface area contributed by atoms with Crippen molar-refractivity contribution in [3.05, 3.63) is 69.7 Å². The molecule has 2 aromatic carbocycles. The third-order valence-electron chi connectivity index (χ3n) is 7.66. The zero-order valence-electron chi connectivity index (χ0n) is 20.5. The van der Waals surface area contributed by atoms with Crippen molar-refractivity contribution in [2.75, 3.05) is 20.2 Å². The van der Waals surface area contributed by atoms with Gasteiger partial charge in [0.15, 0.2) is 0 Å². The zero-order chi connectivity index (χ0) is 24.7. The number of aromatic nitrogens is 1. The molecule has 35 heavy (non-hydrogen) atoms. The van der Waals surface area contributed by atoms with Crippen molar-refractivity contribution in [1.82, 2.24) is 9.88 Å². The Balaban J connectivity index is 1.49. The van der Waals surface area contributed by atoms with E-state index in [4.69, 9.17) is 21.3 Å². The highest BCUT2D eigenvalue weighted by Gasteiger charge is 2.40. The van der Waals surface area contributed by atoms with Crippen molar-refractivity contribution in [3.8, 4) is 28.3 Å². The molecule has 1 N–H and O–H groups in total. The number of hydrogen-bond acceptors (Lipinski definition) is 4. The molecule has 0 bridgehead atoms. The maximum Gasteiger partial charge on any atom is 0.310 e. The Bertz CT molecular complexity index is 1310. The first-order chi connectivity index (χ1) is 16.8. The van der Waals surface area contributed by atoms with E-state index in [2.05, 4.69) is 42.2 Å². The van der Waals surface area contributed by atoms with Gasteiger partial charge in [-0.05, 0) is 74.4 Å². The number of pyridine rings is 1. The molecular formula is C29H31ClN2O3.